The number of fused-ring (bicyclic) bond motifs is 1. The zero-order chi connectivity index (χ0) is 22.4. The molecule has 1 aliphatic heterocycles. The Labute approximate surface area is 193 Å². The second kappa shape index (κ2) is 8.14. The summed E-state index contributed by atoms with van der Waals surface area (Å²) in [4.78, 5) is 38.7. The van der Waals surface area contributed by atoms with Crippen molar-refractivity contribution in [3.63, 3.8) is 0 Å². The van der Waals surface area contributed by atoms with E-state index in [9.17, 15) is 9.59 Å². The van der Waals surface area contributed by atoms with Crippen molar-refractivity contribution in [2.24, 2.45) is 0 Å². The highest BCUT2D eigenvalue weighted by atomic mass is 32.1. The molecule has 1 atom stereocenters. The van der Waals surface area contributed by atoms with Gasteiger partial charge in [-0.1, -0.05) is 29.8 Å². The zero-order valence-electron chi connectivity index (χ0n) is 18.1. The molecule has 4 aromatic rings. The van der Waals surface area contributed by atoms with E-state index >= 15 is 0 Å². The quantitative estimate of drug-likeness (QED) is 0.482. The molecule has 0 saturated carbocycles. The number of amides is 2. The van der Waals surface area contributed by atoms with Crippen LogP contribution in [0.1, 0.15) is 43.7 Å². The molecule has 1 aromatic carbocycles. The molecule has 7 nitrogen and oxygen atoms in total. The molecule has 3 aromatic heterocycles. The van der Waals surface area contributed by atoms with E-state index in [0.717, 1.165) is 32.4 Å². The number of benzene rings is 1. The molecule has 1 aliphatic rings. The van der Waals surface area contributed by atoms with Crippen molar-refractivity contribution in [1.29, 1.82) is 0 Å². The van der Waals surface area contributed by atoms with E-state index in [2.05, 4.69) is 21.4 Å². The van der Waals surface area contributed by atoms with Crippen LogP contribution in [0.4, 0.5) is 0 Å². The maximum atomic E-state index is 13.3. The van der Waals surface area contributed by atoms with Gasteiger partial charge >= 0.3 is 0 Å². The number of imidazole rings is 1. The van der Waals surface area contributed by atoms with Crippen molar-refractivity contribution in [1.82, 2.24) is 24.6 Å². The predicted molar refractivity (Wildman–Crippen MR) is 127 cm³/mol. The molecule has 4 heterocycles. The van der Waals surface area contributed by atoms with Crippen LogP contribution in [-0.2, 0) is 0 Å². The van der Waals surface area contributed by atoms with Crippen LogP contribution < -0.4 is 5.32 Å². The standard InChI is InChI=1S/C23H23N5O2S2/c1-13-5-4-6-16(11-13)20-18(26-15(3)32-20)22(30)27-8-7-17(27)12-24-21(29)19-14(2)25-23-28(19)9-10-31-23/h4-6,9-11,17H,7-8,12H2,1-3H3,(H,24,29)/t17-/m1/s1. The van der Waals surface area contributed by atoms with Gasteiger partial charge in [0.1, 0.15) is 11.4 Å². The van der Waals surface area contributed by atoms with Gasteiger partial charge in [0.05, 0.1) is 21.6 Å². The van der Waals surface area contributed by atoms with Crippen LogP contribution >= 0.6 is 22.7 Å². The Morgan fingerprint density at radius 2 is 2.06 bits per heavy atom. The van der Waals surface area contributed by atoms with Crippen LogP contribution in [0.15, 0.2) is 35.8 Å². The average Bonchev–Trinajstić information content (AvgIpc) is 3.41. The topological polar surface area (TPSA) is 79.6 Å². The van der Waals surface area contributed by atoms with Gasteiger partial charge in [0.2, 0.25) is 0 Å². The van der Waals surface area contributed by atoms with E-state index in [-0.39, 0.29) is 17.9 Å². The number of thiazole rings is 2. The maximum Gasteiger partial charge on any atom is 0.274 e. The van der Waals surface area contributed by atoms with Gasteiger partial charge in [-0.3, -0.25) is 14.0 Å². The molecule has 2 amide bonds. The normalized spacial score (nSPS) is 15.7. The third kappa shape index (κ3) is 3.61. The van der Waals surface area contributed by atoms with Crippen molar-refractivity contribution in [3.8, 4) is 10.4 Å². The van der Waals surface area contributed by atoms with Gasteiger partial charge in [-0.25, -0.2) is 9.97 Å². The molecule has 5 rings (SSSR count). The number of nitrogens with one attached hydrogen (secondary N) is 1. The van der Waals surface area contributed by atoms with E-state index in [4.69, 9.17) is 0 Å². The number of hydrogen-bond acceptors (Lipinski definition) is 6. The first-order valence-corrected chi connectivity index (χ1v) is 12.2. The van der Waals surface area contributed by atoms with Crippen LogP contribution in [-0.4, -0.2) is 50.2 Å². The third-order valence-corrected chi connectivity index (χ3v) is 7.55. The molecule has 1 N–H and O–H groups in total. The summed E-state index contributed by atoms with van der Waals surface area (Å²) in [5, 5.41) is 5.77. The molecule has 0 radical (unpaired) electrons. The second-order valence-corrected chi connectivity index (χ2v) is 10.1. The van der Waals surface area contributed by atoms with Crippen LogP contribution in [0.25, 0.3) is 15.4 Å². The smallest absolute Gasteiger partial charge is 0.274 e. The predicted octanol–water partition coefficient (Wildman–Crippen LogP) is 4.09. The van der Waals surface area contributed by atoms with E-state index in [0.29, 0.717) is 30.2 Å². The molecule has 0 aliphatic carbocycles. The number of likely N-dealkylation sites (tertiary alicyclic amines) is 1. The number of aryl methyl sites for hydroxylation is 3. The summed E-state index contributed by atoms with van der Waals surface area (Å²) in [5.74, 6) is -0.241. The van der Waals surface area contributed by atoms with Gasteiger partial charge in [-0.05, 0) is 32.8 Å². The molecule has 1 saturated heterocycles. The number of carbonyl (C=O) groups is 2. The summed E-state index contributed by atoms with van der Waals surface area (Å²) in [5.41, 5.74) is 3.92. The lowest BCUT2D eigenvalue weighted by atomic mass is 10.0. The van der Waals surface area contributed by atoms with Crippen LogP contribution in [0.2, 0.25) is 0 Å². The van der Waals surface area contributed by atoms with Gasteiger partial charge in [0, 0.05) is 24.7 Å². The molecule has 32 heavy (non-hydrogen) atoms. The Morgan fingerprint density at radius 1 is 1.22 bits per heavy atom. The molecule has 1 fully saturated rings. The summed E-state index contributed by atoms with van der Waals surface area (Å²) >= 11 is 3.04. The van der Waals surface area contributed by atoms with Crippen molar-refractivity contribution in [2.75, 3.05) is 13.1 Å². The first-order chi connectivity index (χ1) is 15.4. The molecular weight excluding hydrogens is 442 g/mol. The number of carbonyl (C=O) groups excluding carboxylic acids is 2. The summed E-state index contributed by atoms with van der Waals surface area (Å²) in [7, 11) is 0. The Hall–Kier alpha value is -3.04. The van der Waals surface area contributed by atoms with Gasteiger partial charge in [0.15, 0.2) is 4.96 Å². The molecular formula is C23H23N5O2S2. The molecule has 0 unspecified atom stereocenters. The minimum Gasteiger partial charge on any atom is -0.349 e. The monoisotopic (exact) mass is 465 g/mol. The van der Waals surface area contributed by atoms with Crippen LogP contribution in [0.3, 0.4) is 0 Å². The minimum atomic E-state index is -0.169. The Balaban J connectivity index is 1.31. The van der Waals surface area contributed by atoms with Crippen molar-refractivity contribution < 1.29 is 9.59 Å². The second-order valence-electron chi connectivity index (χ2n) is 8.03. The van der Waals surface area contributed by atoms with E-state index in [1.54, 1.807) is 11.3 Å². The largest absolute Gasteiger partial charge is 0.349 e. The van der Waals surface area contributed by atoms with Crippen molar-refractivity contribution >= 4 is 39.4 Å². The van der Waals surface area contributed by atoms with E-state index in [1.165, 1.54) is 11.3 Å². The Kier molecular flexibility index (Phi) is 5.30. The fourth-order valence-electron chi connectivity index (χ4n) is 4.07. The SMILES string of the molecule is Cc1cccc(-c2sc(C)nc2C(=O)N2CC[C@@H]2CNC(=O)c2c(C)nc3sccn23)c1. The van der Waals surface area contributed by atoms with Crippen molar-refractivity contribution in [3.05, 3.63) is 63.5 Å². The number of hydrogen-bond donors (Lipinski definition) is 1. The Bertz CT molecular complexity index is 1340. The minimum absolute atomic E-state index is 0.0370. The molecule has 0 bridgehead atoms. The lowest BCUT2D eigenvalue weighted by Gasteiger charge is -2.40. The van der Waals surface area contributed by atoms with Gasteiger partial charge in [-0.2, -0.15) is 0 Å². The fourth-order valence-corrected chi connectivity index (χ4v) is 5.74. The number of aromatic nitrogens is 3. The first-order valence-electron chi connectivity index (χ1n) is 10.5. The first kappa shape index (κ1) is 20.8. The summed E-state index contributed by atoms with van der Waals surface area (Å²) in [6, 6.07) is 8.10. The Morgan fingerprint density at radius 3 is 2.81 bits per heavy atom. The van der Waals surface area contributed by atoms with E-state index < -0.39 is 0 Å². The number of nitrogens with zero attached hydrogens (tertiary/aromatic N) is 4. The van der Waals surface area contributed by atoms with E-state index in [1.807, 2.05) is 59.8 Å². The average molecular weight is 466 g/mol. The molecule has 0 spiro atoms. The molecule has 164 valence electrons. The fraction of sp³-hybridized carbons (Fsp3) is 0.304. The highest BCUT2D eigenvalue weighted by Gasteiger charge is 2.35. The van der Waals surface area contributed by atoms with Crippen LogP contribution in [0.5, 0.6) is 0 Å². The lowest BCUT2D eigenvalue weighted by Crippen LogP contribution is -2.56. The van der Waals surface area contributed by atoms with Gasteiger partial charge < -0.3 is 10.2 Å². The van der Waals surface area contributed by atoms with Gasteiger partial charge in [-0.15, -0.1) is 22.7 Å². The number of rotatable bonds is 5. The maximum absolute atomic E-state index is 13.3. The lowest BCUT2D eigenvalue weighted by molar-refractivity contribution is 0.0451. The van der Waals surface area contributed by atoms with Crippen molar-refractivity contribution in [2.45, 2.75) is 33.2 Å². The molecule has 9 heteroatoms. The zero-order valence-corrected chi connectivity index (χ0v) is 19.7. The summed E-state index contributed by atoms with van der Waals surface area (Å²) in [6.45, 7) is 6.88. The highest BCUT2D eigenvalue weighted by molar-refractivity contribution is 7.15. The summed E-state index contributed by atoms with van der Waals surface area (Å²) < 4.78 is 1.81. The third-order valence-electron chi connectivity index (χ3n) is 5.77. The van der Waals surface area contributed by atoms with Crippen LogP contribution in [0, 0.1) is 20.8 Å². The summed E-state index contributed by atoms with van der Waals surface area (Å²) in [6.07, 6.45) is 2.71. The highest BCUT2D eigenvalue weighted by Crippen LogP contribution is 2.33. The van der Waals surface area contributed by atoms with Gasteiger partial charge in [0.25, 0.3) is 11.8 Å².